The van der Waals surface area contributed by atoms with Crippen LogP contribution in [0, 0.1) is 11.7 Å². The van der Waals surface area contributed by atoms with Crippen LogP contribution >= 0.6 is 0 Å². The first-order chi connectivity index (χ1) is 13.1. The normalized spacial score (nSPS) is 19.1. The third-order valence-corrected chi connectivity index (χ3v) is 5.34. The number of amides is 2. The second-order valence-electron chi connectivity index (χ2n) is 7.41. The highest BCUT2D eigenvalue weighted by molar-refractivity contribution is 5.89. The maximum atomic E-state index is 14.3. The molecular formula is C20H30FN3O3. The van der Waals surface area contributed by atoms with Crippen molar-refractivity contribution in [3.8, 4) is 5.75 Å². The van der Waals surface area contributed by atoms with Gasteiger partial charge in [-0.2, -0.15) is 0 Å². The minimum atomic E-state index is -0.482. The zero-order valence-electron chi connectivity index (χ0n) is 16.1. The predicted molar refractivity (Wildman–Crippen MR) is 103 cm³/mol. The summed E-state index contributed by atoms with van der Waals surface area (Å²) in [6.07, 6.45) is 4.64. The molecule has 1 N–H and O–H groups in total. The average molecular weight is 379 g/mol. The minimum absolute atomic E-state index is 0.171. The van der Waals surface area contributed by atoms with Crippen LogP contribution in [-0.2, 0) is 4.74 Å². The molecule has 2 amide bonds. The van der Waals surface area contributed by atoms with E-state index in [9.17, 15) is 9.18 Å². The molecule has 0 unspecified atom stereocenters. The monoisotopic (exact) mass is 379 g/mol. The van der Waals surface area contributed by atoms with Gasteiger partial charge in [-0.3, -0.25) is 0 Å². The fourth-order valence-electron chi connectivity index (χ4n) is 3.56. The smallest absolute Gasteiger partial charge is 0.322 e. The fraction of sp³-hybridized carbons (Fsp3) is 0.650. The van der Waals surface area contributed by atoms with Crippen molar-refractivity contribution in [1.82, 2.24) is 9.80 Å². The van der Waals surface area contributed by atoms with E-state index < -0.39 is 5.82 Å². The van der Waals surface area contributed by atoms with Gasteiger partial charge in [0.1, 0.15) is 11.6 Å². The Morgan fingerprint density at radius 1 is 1.26 bits per heavy atom. The van der Waals surface area contributed by atoms with Gasteiger partial charge in [0.2, 0.25) is 0 Å². The molecule has 2 fully saturated rings. The van der Waals surface area contributed by atoms with Crippen LogP contribution < -0.4 is 10.1 Å². The van der Waals surface area contributed by atoms with Crippen molar-refractivity contribution >= 4 is 11.7 Å². The summed E-state index contributed by atoms with van der Waals surface area (Å²) in [5.74, 6) is 0.795. The zero-order chi connectivity index (χ0) is 19.1. The first-order valence-electron chi connectivity index (χ1n) is 9.86. The van der Waals surface area contributed by atoms with E-state index in [2.05, 4.69) is 17.3 Å². The molecule has 0 saturated carbocycles. The number of urea groups is 1. The first kappa shape index (κ1) is 19.9. The van der Waals surface area contributed by atoms with E-state index in [4.69, 9.17) is 9.47 Å². The molecule has 7 heteroatoms. The molecule has 1 aromatic rings. The Bertz CT molecular complexity index is 614. The lowest BCUT2D eigenvalue weighted by Crippen LogP contribution is -2.43. The van der Waals surface area contributed by atoms with Crippen LogP contribution in [0.1, 0.15) is 25.7 Å². The van der Waals surface area contributed by atoms with Gasteiger partial charge in [0.05, 0.1) is 25.5 Å². The minimum Gasteiger partial charge on any atom is -0.493 e. The number of hydrogen-bond donors (Lipinski definition) is 1. The topological polar surface area (TPSA) is 54.0 Å². The number of anilines is 1. The molecular weight excluding hydrogens is 349 g/mol. The van der Waals surface area contributed by atoms with Crippen molar-refractivity contribution in [3.63, 3.8) is 0 Å². The molecule has 2 saturated heterocycles. The molecule has 0 aliphatic carbocycles. The number of likely N-dealkylation sites (tertiary alicyclic amines) is 1. The number of morpholine rings is 1. The van der Waals surface area contributed by atoms with Gasteiger partial charge < -0.3 is 24.6 Å². The average Bonchev–Trinajstić information content (AvgIpc) is 2.69. The van der Waals surface area contributed by atoms with Gasteiger partial charge in [-0.05, 0) is 63.9 Å². The molecule has 150 valence electrons. The number of rotatable bonds is 6. The summed E-state index contributed by atoms with van der Waals surface area (Å²) in [5, 5.41) is 2.62. The number of nitrogens with one attached hydrogen (secondary N) is 1. The van der Waals surface area contributed by atoms with Gasteiger partial charge in [0.15, 0.2) is 0 Å². The van der Waals surface area contributed by atoms with Gasteiger partial charge in [0.25, 0.3) is 0 Å². The van der Waals surface area contributed by atoms with Gasteiger partial charge in [0, 0.05) is 19.2 Å². The standard InChI is InChI=1S/C20H30FN3O3/c1-23-8-6-16(7-9-23)3-2-12-27-17-4-5-19(18(21)15-17)22-20(25)24-10-13-26-14-11-24/h4-5,15-16H,2-3,6-14H2,1H3,(H,22,25). The third kappa shape index (κ3) is 6.07. The molecule has 0 spiro atoms. The van der Waals surface area contributed by atoms with E-state index in [1.54, 1.807) is 17.0 Å². The zero-order valence-corrected chi connectivity index (χ0v) is 16.1. The second kappa shape index (κ2) is 9.90. The summed E-state index contributed by atoms with van der Waals surface area (Å²) in [4.78, 5) is 16.1. The summed E-state index contributed by atoms with van der Waals surface area (Å²) >= 11 is 0. The molecule has 3 rings (SSSR count). The van der Waals surface area contributed by atoms with E-state index in [1.165, 1.54) is 32.0 Å². The van der Waals surface area contributed by atoms with Crippen molar-refractivity contribution in [3.05, 3.63) is 24.0 Å². The van der Waals surface area contributed by atoms with Crippen LogP contribution in [0.15, 0.2) is 18.2 Å². The van der Waals surface area contributed by atoms with Crippen LogP contribution in [0.4, 0.5) is 14.9 Å². The highest BCUT2D eigenvalue weighted by Crippen LogP contribution is 2.23. The summed E-state index contributed by atoms with van der Waals surface area (Å²) in [7, 11) is 2.17. The number of carbonyl (C=O) groups excluding carboxylic acids is 1. The molecule has 0 bridgehead atoms. The number of halogens is 1. The molecule has 27 heavy (non-hydrogen) atoms. The first-order valence-corrected chi connectivity index (χ1v) is 9.86. The van der Waals surface area contributed by atoms with Crippen LogP contribution in [0.2, 0.25) is 0 Å². The van der Waals surface area contributed by atoms with Crippen molar-refractivity contribution < 1.29 is 18.7 Å². The number of carbonyl (C=O) groups is 1. The lowest BCUT2D eigenvalue weighted by Gasteiger charge is -2.28. The van der Waals surface area contributed by atoms with Crippen molar-refractivity contribution in [1.29, 1.82) is 0 Å². The highest BCUT2D eigenvalue weighted by Gasteiger charge is 2.18. The summed E-state index contributed by atoms with van der Waals surface area (Å²) in [6, 6.07) is 4.29. The molecule has 2 heterocycles. The van der Waals surface area contributed by atoms with E-state index >= 15 is 0 Å². The van der Waals surface area contributed by atoms with Gasteiger partial charge in [-0.1, -0.05) is 0 Å². The molecule has 0 aromatic heterocycles. The molecule has 2 aliphatic rings. The fourth-order valence-corrected chi connectivity index (χ4v) is 3.56. The number of hydrogen-bond acceptors (Lipinski definition) is 4. The van der Waals surface area contributed by atoms with Crippen LogP contribution in [-0.4, -0.2) is 68.9 Å². The highest BCUT2D eigenvalue weighted by atomic mass is 19.1. The van der Waals surface area contributed by atoms with E-state index in [0.717, 1.165) is 18.8 Å². The van der Waals surface area contributed by atoms with Gasteiger partial charge >= 0.3 is 6.03 Å². The number of benzene rings is 1. The molecule has 2 aliphatic heterocycles. The van der Waals surface area contributed by atoms with Crippen molar-refractivity contribution in [2.24, 2.45) is 5.92 Å². The SMILES string of the molecule is CN1CCC(CCCOc2ccc(NC(=O)N3CCOCC3)c(F)c2)CC1. The Kier molecular flexibility index (Phi) is 7.29. The Labute approximate surface area is 160 Å². The second-order valence-corrected chi connectivity index (χ2v) is 7.41. The van der Waals surface area contributed by atoms with Crippen LogP contribution in [0.25, 0.3) is 0 Å². The quantitative estimate of drug-likeness (QED) is 0.772. The number of nitrogens with zero attached hydrogens (tertiary/aromatic N) is 2. The summed E-state index contributed by atoms with van der Waals surface area (Å²) in [5.41, 5.74) is 0.171. The number of ether oxygens (including phenoxy) is 2. The molecule has 1 aromatic carbocycles. The van der Waals surface area contributed by atoms with Crippen molar-refractivity contribution in [2.45, 2.75) is 25.7 Å². The molecule has 0 radical (unpaired) electrons. The lowest BCUT2D eigenvalue weighted by molar-refractivity contribution is 0.0564. The maximum absolute atomic E-state index is 14.3. The Morgan fingerprint density at radius 3 is 2.70 bits per heavy atom. The Balaban J connectivity index is 1.40. The van der Waals surface area contributed by atoms with E-state index in [-0.39, 0.29) is 11.7 Å². The summed E-state index contributed by atoms with van der Waals surface area (Å²) < 4.78 is 25.2. The van der Waals surface area contributed by atoms with Crippen molar-refractivity contribution in [2.75, 3.05) is 58.4 Å². The third-order valence-electron chi connectivity index (χ3n) is 5.34. The number of piperidine rings is 1. The largest absolute Gasteiger partial charge is 0.493 e. The van der Waals surface area contributed by atoms with E-state index in [0.29, 0.717) is 38.7 Å². The Hall–Kier alpha value is -1.86. The van der Waals surface area contributed by atoms with Crippen LogP contribution in [0.5, 0.6) is 5.75 Å². The van der Waals surface area contributed by atoms with Gasteiger partial charge in [-0.25, -0.2) is 9.18 Å². The summed E-state index contributed by atoms with van der Waals surface area (Å²) in [6.45, 7) is 5.01. The lowest BCUT2D eigenvalue weighted by atomic mass is 9.93. The van der Waals surface area contributed by atoms with Crippen LogP contribution in [0.3, 0.4) is 0 Å². The van der Waals surface area contributed by atoms with Gasteiger partial charge in [-0.15, -0.1) is 0 Å². The maximum Gasteiger partial charge on any atom is 0.322 e. The van der Waals surface area contributed by atoms with E-state index in [1.807, 2.05) is 0 Å². The molecule has 0 atom stereocenters. The Morgan fingerprint density at radius 2 is 2.00 bits per heavy atom. The predicted octanol–water partition coefficient (Wildman–Crippen LogP) is 3.19. The molecule has 6 nitrogen and oxygen atoms in total.